The van der Waals surface area contributed by atoms with E-state index in [1.54, 1.807) is 12.1 Å². The molecule has 1 aliphatic carbocycles. The molecule has 1 fully saturated rings. The Morgan fingerprint density at radius 2 is 1.83 bits per heavy atom. The Morgan fingerprint density at radius 1 is 1.06 bits per heavy atom. The largest absolute Gasteiger partial charge is 0.481 e. The first-order valence-corrected chi connectivity index (χ1v) is 11.3. The lowest BCUT2D eigenvalue weighted by Crippen LogP contribution is -2.49. The Labute approximate surface area is 202 Å². The van der Waals surface area contributed by atoms with Crippen LogP contribution in [0.5, 0.6) is 0 Å². The SMILES string of the molecule is O=C(O)C1CN(Cc2ccc3c(c2)CCc2c-3noc2-c2noc(-c3ccccn3)c2C(F)(F)F)C1. The second kappa shape index (κ2) is 8.30. The molecule has 11 heteroatoms. The number of rotatable bonds is 5. The summed E-state index contributed by atoms with van der Waals surface area (Å²) in [6.07, 6.45) is -2.35. The van der Waals surface area contributed by atoms with Gasteiger partial charge in [-0.25, -0.2) is 0 Å². The standard InChI is InChI=1S/C25H19F3N4O4/c26-25(27,28)19-21(31-36-23(19)18-3-1-2-8-29-18)22-17-7-5-14-9-13(4-6-16(14)20(17)30-35-22)10-32-11-15(12-32)24(33)34/h1-4,6,8-9,15H,5,7,10-12H2,(H,33,34). The van der Waals surface area contributed by atoms with Crippen molar-refractivity contribution in [2.45, 2.75) is 25.6 Å². The number of likely N-dealkylation sites (tertiary alicyclic amines) is 1. The highest BCUT2D eigenvalue weighted by Crippen LogP contribution is 2.46. The topological polar surface area (TPSA) is 105 Å². The molecule has 8 nitrogen and oxygen atoms in total. The van der Waals surface area contributed by atoms with Crippen molar-refractivity contribution in [1.82, 2.24) is 20.2 Å². The van der Waals surface area contributed by atoms with Crippen LogP contribution in [0, 0.1) is 5.92 Å². The second-order valence-electron chi connectivity index (χ2n) is 9.01. The van der Waals surface area contributed by atoms with Crippen LogP contribution >= 0.6 is 0 Å². The summed E-state index contributed by atoms with van der Waals surface area (Å²) in [5, 5.41) is 16.9. The van der Waals surface area contributed by atoms with E-state index in [0.29, 0.717) is 43.7 Å². The smallest absolute Gasteiger partial charge is 0.422 e. The summed E-state index contributed by atoms with van der Waals surface area (Å²) in [7, 11) is 0. The molecule has 1 aliphatic heterocycles. The molecule has 1 N–H and O–H groups in total. The minimum Gasteiger partial charge on any atom is -0.481 e. The first kappa shape index (κ1) is 22.5. The van der Waals surface area contributed by atoms with Gasteiger partial charge in [-0.2, -0.15) is 13.2 Å². The fraction of sp³-hybridized carbons (Fsp3) is 0.280. The van der Waals surface area contributed by atoms with Gasteiger partial charge in [0.05, 0.1) is 5.92 Å². The third-order valence-electron chi connectivity index (χ3n) is 6.66. The van der Waals surface area contributed by atoms with Crippen LogP contribution in [-0.2, 0) is 30.4 Å². The summed E-state index contributed by atoms with van der Waals surface area (Å²) < 4.78 is 52.9. The lowest BCUT2D eigenvalue weighted by atomic mass is 9.87. The first-order valence-electron chi connectivity index (χ1n) is 11.3. The highest BCUT2D eigenvalue weighted by molar-refractivity contribution is 5.78. The van der Waals surface area contributed by atoms with Gasteiger partial charge in [-0.1, -0.05) is 34.6 Å². The molecule has 0 radical (unpaired) electrons. The van der Waals surface area contributed by atoms with E-state index in [9.17, 15) is 18.0 Å². The Kier molecular flexibility index (Phi) is 5.18. The van der Waals surface area contributed by atoms with Gasteiger partial charge in [-0.05, 0) is 36.1 Å². The molecular formula is C25H19F3N4O4. The summed E-state index contributed by atoms with van der Waals surface area (Å²) in [5.41, 5.74) is 2.42. The maximum Gasteiger partial charge on any atom is 0.422 e. The number of hydrogen-bond donors (Lipinski definition) is 1. The van der Waals surface area contributed by atoms with Crippen molar-refractivity contribution in [3.63, 3.8) is 0 Å². The summed E-state index contributed by atoms with van der Waals surface area (Å²) in [5.74, 6) is -1.63. The van der Waals surface area contributed by atoms with E-state index in [4.69, 9.17) is 14.2 Å². The monoisotopic (exact) mass is 496 g/mol. The number of aliphatic carboxylic acids is 1. The van der Waals surface area contributed by atoms with Crippen LogP contribution in [0.15, 0.2) is 51.6 Å². The van der Waals surface area contributed by atoms with E-state index in [2.05, 4.69) is 20.2 Å². The van der Waals surface area contributed by atoms with Crippen LogP contribution in [0.25, 0.3) is 34.2 Å². The van der Waals surface area contributed by atoms with Gasteiger partial charge in [-0.3, -0.25) is 14.7 Å². The van der Waals surface area contributed by atoms with E-state index in [-0.39, 0.29) is 17.4 Å². The molecule has 2 aliphatic rings. The average molecular weight is 496 g/mol. The van der Waals surface area contributed by atoms with Gasteiger partial charge >= 0.3 is 12.1 Å². The number of alkyl halides is 3. The maximum atomic E-state index is 14.1. The molecule has 1 aromatic carbocycles. The molecule has 4 aromatic rings. The number of benzene rings is 1. The number of carboxylic acid groups (broad SMARTS) is 1. The van der Waals surface area contributed by atoms with Crippen LogP contribution < -0.4 is 0 Å². The zero-order valence-corrected chi connectivity index (χ0v) is 18.7. The maximum absolute atomic E-state index is 14.1. The van der Waals surface area contributed by atoms with E-state index in [1.165, 1.54) is 12.3 Å². The van der Waals surface area contributed by atoms with Crippen LogP contribution in [-0.4, -0.2) is 44.4 Å². The van der Waals surface area contributed by atoms with E-state index in [1.807, 2.05) is 18.2 Å². The summed E-state index contributed by atoms with van der Waals surface area (Å²) in [6.45, 7) is 1.67. The lowest BCUT2D eigenvalue weighted by molar-refractivity contribution is -0.147. The molecule has 0 saturated carbocycles. The van der Waals surface area contributed by atoms with Crippen LogP contribution in [0.1, 0.15) is 22.3 Å². The normalized spacial score (nSPS) is 15.9. The van der Waals surface area contributed by atoms with Crippen LogP contribution in [0.3, 0.4) is 0 Å². The highest BCUT2D eigenvalue weighted by atomic mass is 19.4. The first-order chi connectivity index (χ1) is 17.3. The predicted molar refractivity (Wildman–Crippen MR) is 119 cm³/mol. The third kappa shape index (κ3) is 3.76. The lowest BCUT2D eigenvalue weighted by Gasteiger charge is -2.36. The number of nitrogens with zero attached hydrogens (tertiary/aromatic N) is 4. The highest BCUT2D eigenvalue weighted by Gasteiger charge is 2.44. The molecule has 0 atom stereocenters. The second-order valence-corrected chi connectivity index (χ2v) is 9.01. The molecule has 184 valence electrons. The number of fused-ring (bicyclic) bond motifs is 3. The van der Waals surface area contributed by atoms with E-state index < -0.39 is 29.2 Å². The number of carboxylic acids is 1. The molecule has 36 heavy (non-hydrogen) atoms. The number of pyridine rings is 1. The third-order valence-corrected chi connectivity index (χ3v) is 6.66. The summed E-state index contributed by atoms with van der Waals surface area (Å²) >= 11 is 0. The minimum absolute atomic E-state index is 0.0201. The Balaban J connectivity index is 1.33. The number of aryl methyl sites for hydroxylation is 1. The molecule has 1 saturated heterocycles. The van der Waals surface area contributed by atoms with Gasteiger partial charge in [0.2, 0.25) is 0 Å². The summed E-state index contributed by atoms with van der Waals surface area (Å²) in [4.78, 5) is 17.1. The molecule has 0 unspecified atom stereocenters. The van der Waals surface area contributed by atoms with Crippen LogP contribution in [0.2, 0.25) is 0 Å². The van der Waals surface area contributed by atoms with Gasteiger partial charge in [0.25, 0.3) is 0 Å². The van der Waals surface area contributed by atoms with Crippen molar-refractivity contribution in [2.24, 2.45) is 5.92 Å². The van der Waals surface area contributed by atoms with Crippen LogP contribution in [0.4, 0.5) is 13.2 Å². The van der Waals surface area contributed by atoms with Crippen molar-refractivity contribution in [3.8, 4) is 34.2 Å². The molecule has 0 amide bonds. The predicted octanol–water partition coefficient (Wildman–Crippen LogP) is 4.69. The van der Waals surface area contributed by atoms with E-state index in [0.717, 1.165) is 16.7 Å². The van der Waals surface area contributed by atoms with Crippen molar-refractivity contribution < 1.29 is 32.1 Å². The number of halogens is 3. The zero-order valence-electron chi connectivity index (χ0n) is 18.7. The Morgan fingerprint density at radius 3 is 2.56 bits per heavy atom. The van der Waals surface area contributed by atoms with Gasteiger partial charge in [0, 0.05) is 37.0 Å². The molecule has 0 spiro atoms. The molecular weight excluding hydrogens is 477 g/mol. The Bertz CT molecular complexity index is 1460. The quantitative estimate of drug-likeness (QED) is 0.424. The van der Waals surface area contributed by atoms with E-state index >= 15 is 0 Å². The fourth-order valence-corrected chi connectivity index (χ4v) is 4.88. The molecule has 0 bridgehead atoms. The fourth-order valence-electron chi connectivity index (χ4n) is 4.88. The molecule has 4 heterocycles. The number of hydrogen-bond acceptors (Lipinski definition) is 7. The van der Waals surface area contributed by atoms with Crippen molar-refractivity contribution in [1.29, 1.82) is 0 Å². The minimum atomic E-state index is -4.75. The van der Waals surface area contributed by atoms with Crippen molar-refractivity contribution in [2.75, 3.05) is 13.1 Å². The number of aromatic nitrogens is 3. The van der Waals surface area contributed by atoms with Crippen molar-refractivity contribution >= 4 is 5.97 Å². The van der Waals surface area contributed by atoms with Gasteiger partial charge in [0.1, 0.15) is 17.0 Å². The Hall–Kier alpha value is -3.99. The molecule has 3 aromatic heterocycles. The molecule has 6 rings (SSSR count). The van der Waals surface area contributed by atoms with Crippen molar-refractivity contribution in [3.05, 3.63) is 64.8 Å². The van der Waals surface area contributed by atoms with Gasteiger partial charge < -0.3 is 14.2 Å². The average Bonchev–Trinajstić information content (AvgIpc) is 3.45. The van der Waals surface area contributed by atoms with Gasteiger partial charge in [-0.15, -0.1) is 0 Å². The zero-order chi connectivity index (χ0) is 25.0. The number of carbonyl (C=O) groups is 1. The summed E-state index contributed by atoms with van der Waals surface area (Å²) in [6, 6.07) is 10.4. The van der Waals surface area contributed by atoms with Gasteiger partial charge in [0.15, 0.2) is 17.2 Å².